The maximum absolute atomic E-state index is 11.5. The van der Waals surface area contributed by atoms with Gasteiger partial charge in [0.1, 0.15) is 0 Å². The molecule has 0 saturated heterocycles. The largest absolute Gasteiger partial charge is 0.370 e. The van der Waals surface area contributed by atoms with Crippen molar-refractivity contribution in [3.63, 3.8) is 0 Å². The SMILES string of the molecule is CC(C)S(=O)(=O)CCN=C(N)N(C)C1CC1. The summed E-state index contributed by atoms with van der Waals surface area (Å²) < 4.78 is 23.0. The van der Waals surface area contributed by atoms with Crippen LogP contribution in [0.5, 0.6) is 0 Å². The van der Waals surface area contributed by atoms with Crippen LogP contribution in [0.4, 0.5) is 0 Å². The molecule has 0 unspecified atom stereocenters. The van der Waals surface area contributed by atoms with Crippen LogP contribution in [0.15, 0.2) is 4.99 Å². The van der Waals surface area contributed by atoms with Crippen molar-refractivity contribution < 1.29 is 8.42 Å². The van der Waals surface area contributed by atoms with Crippen molar-refractivity contribution in [2.45, 2.75) is 38.0 Å². The fourth-order valence-corrected chi connectivity index (χ4v) is 2.10. The Morgan fingerprint density at radius 2 is 2.06 bits per heavy atom. The molecule has 1 aliphatic rings. The van der Waals surface area contributed by atoms with Crippen molar-refractivity contribution in [3.05, 3.63) is 0 Å². The van der Waals surface area contributed by atoms with Gasteiger partial charge in [-0.25, -0.2) is 8.42 Å². The number of sulfone groups is 1. The summed E-state index contributed by atoms with van der Waals surface area (Å²) in [7, 11) is -1.11. The number of guanidine groups is 1. The molecule has 16 heavy (non-hydrogen) atoms. The van der Waals surface area contributed by atoms with Gasteiger partial charge in [-0.2, -0.15) is 0 Å². The van der Waals surface area contributed by atoms with Gasteiger partial charge in [0.2, 0.25) is 0 Å². The van der Waals surface area contributed by atoms with E-state index < -0.39 is 9.84 Å². The number of hydrogen-bond acceptors (Lipinski definition) is 3. The van der Waals surface area contributed by atoms with E-state index in [9.17, 15) is 8.42 Å². The predicted octanol–water partition coefficient (Wildman–Crippen LogP) is 0.219. The first-order chi connectivity index (χ1) is 7.34. The van der Waals surface area contributed by atoms with Gasteiger partial charge in [-0.05, 0) is 26.7 Å². The monoisotopic (exact) mass is 247 g/mol. The highest BCUT2D eigenvalue weighted by atomic mass is 32.2. The average Bonchev–Trinajstić information content (AvgIpc) is 2.99. The minimum absolute atomic E-state index is 0.0733. The summed E-state index contributed by atoms with van der Waals surface area (Å²) in [6.07, 6.45) is 2.30. The molecule has 0 bridgehead atoms. The lowest BCUT2D eigenvalue weighted by Gasteiger charge is -2.16. The lowest BCUT2D eigenvalue weighted by molar-refractivity contribution is 0.488. The predicted molar refractivity (Wildman–Crippen MR) is 66.2 cm³/mol. The standard InChI is InChI=1S/C10H21N3O2S/c1-8(2)16(14,15)7-6-12-10(11)13(3)9-4-5-9/h8-9H,4-7H2,1-3H3,(H2,11,12). The molecule has 1 fully saturated rings. The molecule has 0 radical (unpaired) electrons. The number of nitrogens with two attached hydrogens (primary N) is 1. The van der Waals surface area contributed by atoms with Crippen LogP contribution in [0.1, 0.15) is 26.7 Å². The molecule has 5 nitrogen and oxygen atoms in total. The van der Waals surface area contributed by atoms with Gasteiger partial charge in [-0.15, -0.1) is 0 Å². The first kappa shape index (κ1) is 13.3. The second-order valence-electron chi connectivity index (χ2n) is 4.50. The molecule has 6 heteroatoms. The average molecular weight is 247 g/mol. The van der Waals surface area contributed by atoms with Crippen LogP contribution in [0.2, 0.25) is 0 Å². The Morgan fingerprint density at radius 1 is 1.50 bits per heavy atom. The third-order valence-corrected chi connectivity index (χ3v) is 5.01. The second-order valence-corrected chi connectivity index (χ2v) is 7.17. The fraction of sp³-hybridized carbons (Fsp3) is 0.900. The normalized spacial score (nSPS) is 17.9. The minimum atomic E-state index is -3.01. The van der Waals surface area contributed by atoms with E-state index in [0.29, 0.717) is 12.0 Å². The summed E-state index contributed by atoms with van der Waals surface area (Å²) in [5.41, 5.74) is 5.74. The molecule has 1 aliphatic carbocycles. The molecule has 0 aromatic rings. The number of hydrogen-bond donors (Lipinski definition) is 1. The van der Waals surface area contributed by atoms with E-state index >= 15 is 0 Å². The van der Waals surface area contributed by atoms with Gasteiger partial charge < -0.3 is 10.6 Å². The summed E-state index contributed by atoms with van der Waals surface area (Å²) in [6.45, 7) is 3.61. The van der Waals surface area contributed by atoms with E-state index in [4.69, 9.17) is 5.73 Å². The van der Waals surface area contributed by atoms with E-state index in [1.54, 1.807) is 13.8 Å². The Hall–Kier alpha value is -0.780. The molecular weight excluding hydrogens is 226 g/mol. The first-order valence-corrected chi connectivity index (χ1v) is 7.30. The molecule has 0 aromatic heterocycles. The maximum atomic E-state index is 11.5. The zero-order chi connectivity index (χ0) is 12.3. The summed E-state index contributed by atoms with van der Waals surface area (Å²) in [4.78, 5) is 6.01. The summed E-state index contributed by atoms with van der Waals surface area (Å²) >= 11 is 0. The van der Waals surface area contributed by atoms with Crippen molar-refractivity contribution in [2.75, 3.05) is 19.3 Å². The van der Waals surface area contributed by atoms with Crippen LogP contribution in [-0.2, 0) is 9.84 Å². The minimum Gasteiger partial charge on any atom is -0.370 e. The van der Waals surface area contributed by atoms with Crippen LogP contribution in [0.25, 0.3) is 0 Å². The third kappa shape index (κ3) is 3.66. The van der Waals surface area contributed by atoms with Crippen molar-refractivity contribution >= 4 is 15.8 Å². The van der Waals surface area contributed by atoms with Crippen molar-refractivity contribution in [1.82, 2.24) is 4.90 Å². The van der Waals surface area contributed by atoms with Crippen LogP contribution in [0.3, 0.4) is 0 Å². The summed E-state index contributed by atoms with van der Waals surface area (Å²) in [6, 6.07) is 0.505. The molecule has 1 rings (SSSR count). The Labute approximate surface area is 97.6 Å². The molecule has 94 valence electrons. The maximum Gasteiger partial charge on any atom is 0.191 e. The van der Waals surface area contributed by atoms with E-state index in [1.807, 2.05) is 11.9 Å². The second kappa shape index (κ2) is 5.03. The molecule has 0 aromatic carbocycles. The van der Waals surface area contributed by atoms with E-state index in [2.05, 4.69) is 4.99 Å². The van der Waals surface area contributed by atoms with Gasteiger partial charge in [0.05, 0.1) is 17.5 Å². The lowest BCUT2D eigenvalue weighted by atomic mass is 10.6. The molecule has 0 spiro atoms. The van der Waals surface area contributed by atoms with Gasteiger partial charge in [-0.1, -0.05) is 0 Å². The van der Waals surface area contributed by atoms with Gasteiger partial charge in [0, 0.05) is 13.1 Å². The molecule has 0 amide bonds. The van der Waals surface area contributed by atoms with Gasteiger partial charge in [-0.3, -0.25) is 4.99 Å². The Morgan fingerprint density at radius 3 is 2.50 bits per heavy atom. The van der Waals surface area contributed by atoms with Crippen LogP contribution in [-0.4, -0.2) is 49.9 Å². The van der Waals surface area contributed by atoms with Crippen LogP contribution < -0.4 is 5.73 Å². The zero-order valence-corrected chi connectivity index (χ0v) is 11.0. The number of rotatable bonds is 5. The molecular formula is C10H21N3O2S. The Balaban J connectivity index is 2.41. The van der Waals surface area contributed by atoms with Crippen molar-refractivity contribution in [1.29, 1.82) is 0 Å². The van der Waals surface area contributed by atoms with Crippen molar-refractivity contribution in [3.8, 4) is 0 Å². The highest BCUT2D eigenvalue weighted by Gasteiger charge is 2.27. The number of nitrogens with zero attached hydrogens (tertiary/aromatic N) is 2. The van der Waals surface area contributed by atoms with Crippen molar-refractivity contribution in [2.24, 2.45) is 10.7 Å². The molecule has 0 aliphatic heterocycles. The smallest absolute Gasteiger partial charge is 0.191 e. The van der Waals surface area contributed by atoms with E-state index in [1.165, 1.54) is 0 Å². The molecule has 1 saturated carbocycles. The van der Waals surface area contributed by atoms with Gasteiger partial charge in [0.25, 0.3) is 0 Å². The van der Waals surface area contributed by atoms with E-state index in [0.717, 1.165) is 12.8 Å². The summed E-state index contributed by atoms with van der Waals surface area (Å²) in [5.74, 6) is 0.519. The third-order valence-electron chi connectivity index (χ3n) is 2.82. The fourth-order valence-electron chi connectivity index (χ4n) is 1.28. The number of aliphatic imine (C=N–C) groups is 1. The first-order valence-electron chi connectivity index (χ1n) is 5.59. The zero-order valence-electron chi connectivity index (χ0n) is 10.2. The highest BCUT2D eigenvalue weighted by Crippen LogP contribution is 2.24. The highest BCUT2D eigenvalue weighted by molar-refractivity contribution is 7.92. The van der Waals surface area contributed by atoms with E-state index in [-0.39, 0.29) is 17.5 Å². The molecule has 0 heterocycles. The molecule has 0 atom stereocenters. The topological polar surface area (TPSA) is 75.8 Å². The lowest BCUT2D eigenvalue weighted by Crippen LogP contribution is -2.36. The summed E-state index contributed by atoms with van der Waals surface area (Å²) in [5, 5.41) is -0.343. The van der Waals surface area contributed by atoms with Crippen LogP contribution >= 0.6 is 0 Å². The Bertz CT molecular complexity index is 358. The van der Waals surface area contributed by atoms with Crippen LogP contribution in [0, 0.1) is 0 Å². The van der Waals surface area contributed by atoms with Gasteiger partial charge in [0.15, 0.2) is 15.8 Å². The molecule has 2 N–H and O–H groups in total. The Kier molecular flexibility index (Phi) is 4.18. The van der Waals surface area contributed by atoms with Gasteiger partial charge >= 0.3 is 0 Å². The quantitative estimate of drug-likeness (QED) is 0.557.